The first kappa shape index (κ1) is 14.6. The quantitative estimate of drug-likeness (QED) is 0.837. The molecule has 21 heavy (non-hydrogen) atoms. The summed E-state index contributed by atoms with van der Waals surface area (Å²) >= 11 is 0. The molecular formula is C17H21NO2S. The van der Waals surface area contributed by atoms with Gasteiger partial charge in [-0.3, -0.25) is 0 Å². The highest BCUT2D eigenvalue weighted by molar-refractivity contribution is 7.91. The van der Waals surface area contributed by atoms with Crippen LogP contribution >= 0.6 is 0 Å². The average Bonchev–Trinajstić information content (AvgIpc) is 2.80. The van der Waals surface area contributed by atoms with E-state index < -0.39 is 15.3 Å². The lowest BCUT2D eigenvalue weighted by atomic mass is 9.63. The lowest BCUT2D eigenvalue weighted by molar-refractivity contribution is 0.179. The molecule has 1 aliphatic heterocycles. The van der Waals surface area contributed by atoms with E-state index in [0.717, 1.165) is 37.7 Å². The highest BCUT2D eigenvalue weighted by atomic mass is 32.2. The molecule has 3 nitrogen and oxygen atoms in total. The lowest BCUT2D eigenvalue weighted by Gasteiger charge is -2.39. The number of hydrogen-bond donors (Lipinski definition) is 0. The van der Waals surface area contributed by atoms with Gasteiger partial charge in [0.25, 0.3) is 0 Å². The third-order valence-corrected chi connectivity index (χ3v) is 7.29. The Morgan fingerprint density at radius 1 is 1.29 bits per heavy atom. The number of rotatable bonds is 2. The van der Waals surface area contributed by atoms with E-state index in [-0.39, 0.29) is 11.7 Å². The van der Waals surface area contributed by atoms with Gasteiger partial charge < -0.3 is 0 Å². The Kier molecular flexibility index (Phi) is 3.57. The molecule has 1 fully saturated rings. The Bertz CT molecular complexity index is 679. The van der Waals surface area contributed by atoms with Crippen molar-refractivity contribution in [2.45, 2.75) is 49.8 Å². The summed E-state index contributed by atoms with van der Waals surface area (Å²) in [5.41, 5.74) is 0.375. The number of nitriles is 1. The van der Waals surface area contributed by atoms with Gasteiger partial charge in [0, 0.05) is 5.92 Å². The Morgan fingerprint density at radius 3 is 2.57 bits per heavy atom. The zero-order valence-electron chi connectivity index (χ0n) is 12.4. The molecule has 1 heterocycles. The summed E-state index contributed by atoms with van der Waals surface area (Å²) in [5, 5.41) is 9.81. The minimum Gasteiger partial charge on any atom is -0.224 e. The maximum Gasteiger partial charge on any atom is 0.179 e. The van der Waals surface area contributed by atoms with Crippen molar-refractivity contribution in [2.24, 2.45) is 11.3 Å². The zero-order chi connectivity index (χ0) is 15.1. The van der Waals surface area contributed by atoms with Gasteiger partial charge in [-0.25, -0.2) is 8.42 Å². The summed E-state index contributed by atoms with van der Waals surface area (Å²) in [6.07, 6.45) is 4.90. The largest absolute Gasteiger partial charge is 0.224 e. The van der Waals surface area contributed by atoms with Gasteiger partial charge in [0.1, 0.15) is 0 Å². The number of sulfone groups is 1. The van der Waals surface area contributed by atoms with Crippen LogP contribution in [-0.2, 0) is 9.84 Å². The molecule has 3 rings (SSSR count). The summed E-state index contributed by atoms with van der Waals surface area (Å²) in [7, 11) is -3.22. The minimum atomic E-state index is -3.22. The van der Waals surface area contributed by atoms with E-state index >= 15 is 0 Å². The lowest BCUT2D eigenvalue weighted by Crippen LogP contribution is -2.33. The van der Waals surface area contributed by atoms with E-state index in [4.69, 9.17) is 0 Å². The van der Waals surface area contributed by atoms with Crippen molar-refractivity contribution in [3.05, 3.63) is 29.8 Å². The molecule has 112 valence electrons. The van der Waals surface area contributed by atoms with Gasteiger partial charge in [-0.1, -0.05) is 31.5 Å². The van der Waals surface area contributed by atoms with Gasteiger partial charge in [0.15, 0.2) is 9.84 Å². The molecule has 2 aliphatic rings. The van der Waals surface area contributed by atoms with E-state index in [1.807, 2.05) is 12.1 Å². The third-order valence-electron chi connectivity index (χ3n) is 5.48. The average molecular weight is 303 g/mol. The topological polar surface area (TPSA) is 57.9 Å². The molecule has 0 aromatic heterocycles. The first-order chi connectivity index (χ1) is 10.0. The van der Waals surface area contributed by atoms with Crippen LogP contribution in [0.15, 0.2) is 29.2 Å². The first-order valence-corrected chi connectivity index (χ1v) is 9.40. The molecule has 0 spiro atoms. The fourth-order valence-corrected chi connectivity index (χ4v) is 6.02. The Balaban J connectivity index is 1.99. The molecule has 1 aromatic rings. The van der Waals surface area contributed by atoms with Crippen LogP contribution in [0.4, 0.5) is 0 Å². The number of hydrogen-bond acceptors (Lipinski definition) is 3. The normalized spacial score (nSPS) is 34.1. The van der Waals surface area contributed by atoms with Crippen LogP contribution in [0.1, 0.15) is 50.5 Å². The molecule has 1 unspecified atom stereocenters. The van der Waals surface area contributed by atoms with Gasteiger partial charge >= 0.3 is 0 Å². The Hall–Kier alpha value is -1.34. The molecule has 1 saturated carbocycles. The number of nitrogens with zero attached hydrogens (tertiary/aromatic N) is 1. The van der Waals surface area contributed by atoms with Crippen LogP contribution in [0.5, 0.6) is 0 Å². The minimum absolute atomic E-state index is 0.108. The fraction of sp³-hybridized carbons (Fsp3) is 0.588. The van der Waals surface area contributed by atoms with E-state index in [9.17, 15) is 13.7 Å². The maximum absolute atomic E-state index is 12.4. The van der Waals surface area contributed by atoms with Crippen molar-refractivity contribution in [3.63, 3.8) is 0 Å². The number of benzene rings is 1. The zero-order valence-corrected chi connectivity index (χ0v) is 13.2. The van der Waals surface area contributed by atoms with Crippen LogP contribution in [0.2, 0.25) is 0 Å². The van der Waals surface area contributed by atoms with Crippen molar-refractivity contribution >= 4 is 9.84 Å². The molecule has 1 aromatic carbocycles. The van der Waals surface area contributed by atoms with E-state index in [2.05, 4.69) is 13.0 Å². The van der Waals surface area contributed by atoms with Crippen LogP contribution in [0.3, 0.4) is 0 Å². The van der Waals surface area contributed by atoms with E-state index in [0.29, 0.717) is 10.8 Å². The number of fused-ring (bicyclic) bond motifs is 1. The third kappa shape index (κ3) is 2.28. The summed E-state index contributed by atoms with van der Waals surface area (Å²) in [5.74, 6) is 0.651. The molecule has 0 amide bonds. The predicted octanol–water partition coefficient (Wildman–Crippen LogP) is 3.67. The molecule has 4 heteroatoms. The van der Waals surface area contributed by atoms with Crippen molar-refractivity contribution in [2.75, 3.05) is 5.75 Å². The molecule has 1 atom stereocenters. The molecule has 0 saturated heterocycles. The molecule has 0 bridgehead atoms. The predicted molar refractivity (Wildman–Crippen MR) is 81.5 cm³/mol. The molecular weight excluding hydrogens is 282 g/mol. The SMILES string of the molecule is CCC1CCC(C#N)(C2CS(=O)(=O)c3ccccc32)CC1. The van der Waals surface area contributed by atoms with Gasteiger partial charge in [0.2, 0.25) is 0 Å². The van der Waals surface area contributed by atoms with Crippen molar-refractivity contribution in [3.8, 4) is 6.07 Å². The molecule has 0 radical (unpaired) electrons. The van der Waals surface area contributed by atoms with E-state index in [1.165, 1.54) is 0 Å². The second-order valence-corrected chi connectivity index (χ2v) is 8.49. The van der Waals surface area contributed by atoms with Crippen LogP contribution in [0, 0.1) is 22.7 Å². The fourth-order valence-electron chi connectivity index (χ4n) is 4.05. The summed E-state index contributed by atoms with van der Waals surface area (Å²) in [4.78, 5) is 0.447. The van der Waals surface area contributed by atoms with Crippen LogP contribution < -0.4 is 0 Å². The van der Waals surface area contributed by atoms with Gasteiger partial charge in [0.05, 0.1) is 22.1 Å². The van der Waals surface area contributed by atoms with Gasteiger partial charge in [-0.2, -0.15) is 5.26 Å². The Labute approximate surface area is 126 Å². The van der Waals surface area contributed by atoms with Crippen LogP contribution in [-0.4, -0.2) is 14.2 Å². The monoisotopic (exact) mass is 303 g/mol. The molecule has 1 aliphatic carbocycles. The van der Waals surface area contributed by atoms with Crippen molar-refractivity contribution in [1.82, 2.24) is 0 Å². The van der Waals surface area contributed by atoms with Crippen molar-refractivity contribution < 1.29 is 8.42 Å². The Morgan fingerprint density at radius 2 is 1.95 bits per heavy atom. The summed E-state index contributed by atoms with van der Waals surface area (Å²) in [6.45, 7) is 2.19. The van der Waals surface area contributed by atoms with Gasteiger partial charge in [-0.05, 0) is 43.2 Å². The second-order valence-electron chi connectivity index (χ2n) is 6.49. The molecule has 0 N–H and O–H groups in total. The summed E-state index contributed by atoms with van der Waals surface area (Å²) in [6, 6.07) is 9.76. The van der Waals surface area contributed by atoms with Crippen molar-refractivity contribution in [1.29, 1.82) is 5.26 Å². The standard InChI is InChI=1S/C17H21NO2S/c1-2-13-7-9-17(12-18,10-8-13)15-11-21(19,20)16-6-4-3-5-14(15)16/h3-6,13,15H,2,7-11H2,1H3. The first-order valence-electron chi connectivity index (χ1n) is 7.75. The van der Waals surface area contributed by atoms with Crippen LogP contribution in [0.25, 0.3) is 0 Å². The highest BCUT2D eigenvalue weighted by Crippen LogP contribution is 2.53. The second kappa shape index (κ2) is 5.14. The summed E-state index contributed by atoms with van der Waals surface area (Å²) < 4.78 is 24.8. The highest BCUT2D eigenvalue weighted by Gasteiger charge is 2.49. The van der Waals surface area contributed by atoms with Gasteiger partial charge in [-0.15, -0.1) is 0 Å². The smallest absolute Gasteiger partial charge is 0.179 e. The maximum atomic E-state index is 12.4. The van der Waals surface area contributed by atoms with E-state index in [1.54, 1.807) is 12.1 Å².